The molecule has 0 radical (unpaired) electrons. The molecule has 0 fully saturated rings. The molecule has 68 valence electrons. The molecule has 2 heterocycles. The lowest BCUT2D eigenvalue weighted by Gasteiger charge is -2.02. The van der Waals surface area contributed by atoms with Gasteiger partial charge in [0, 0.05) is 16.7 Å². The summed E-state index contributed by atoms with van der Waals surface area (Å²) < 4.78 is 2.14. The van der Waals surface area contributed by atoms with Crippen molar-refractivity contribution < 1.29 is 0 Å². The van der Waals surface area contributed by atoms with Gasteiger partial charge in [-0.1, -0.05) is 23.7 Å². The number of rotatable bonds is 0. The Morgan fingerprint density at radius 3 is 2.79 bits per heavy atom. The van der Waals surface area contributed by atoms with Gasteiger partial charge in [0.15, 0.2) is 0 Å². The van der Waals surface area contributed by atoms with Crippen LogP contribution in [-0.4, -0.2) is 4.40 Å². The van der Waals surface area contributed by atoms with E-state index in [0.717, 1.165) is 10.5 Å². The average Bonchev–Trinajstić information content (AvgIpc) is 2.65. The molecular formula is C12H8ClN. The molecule has 0 aliphatic heterocycles. The fraction of sp³-hybridized carbons (Fsp3) is 0. The molecule has 0 spiro atoms. The quantitative estimate of drug-likeness (QED) is 0.522. The van der Waals surface area contributed by atoms with Crippen molar-refractivity contribution in [2.45, 2.75) is 0 Å². The lowest BCUT2D eigenvalue weighted by molar-refractivity contribution is 1.27. The summed E-state index contributed by atoms with van der Waals surface area (Å²) in [6, 6.07) is 14.3. The van der Waals surface area contributed by atoms with Crippen molar-refractivity contribution in [3.63, 3.8) is 0 Å². The standard InChI is InChI=1S/C12H8ClN/c13-10-5-3-9-4-6-11-2-1-7-14(11)12(9)8-10/h1-8H. The predicted octanol–water partition coefficient (Wildman–Crippen LogP) is 3.75. The van der Waals surface area contributed by atoms with Crippen LogP contribution in [0, 0.1) is 0 Å². The first kappa shape index (κ1) is 7.89. The number of hydrogen-bond acceptors (Lipinski definition) is 0. The molecule has 0 unspecified atom stereocenters. The molecule has 1 aromatic carbocycles. The Kier molecular flexibility index (Phi) is 1.55. The number of fused-ring (bicyclic) bond motifs is 3. The van der Waals surface area contributed by atoms with E-state index in [1.54, 1.807) is 0 Å². The van der Waals surface area contributed by atoms with Crippen molar-refractivity contribution in [2.24, 2.45) is 0 Å². The zero-order valence-corrected chi connectivity index (χ0v) is 8.20. The summed E-state index contributed by atoms with van der Waals surface area (Å²) in [5.41, 5.74) is 2.35. The van der Waals surface area contributed by atoms with Gasteiger partial charge >= 0.3 is 0 Å². The lowest BCUT2D eigenvalue weighted by Crippen LogP contribution is -1.84. The molecule has 0 N–H and O–H groups in total. The third-order valence-electron chi connectivity index (χ3n) is 2.47. The van der Waals surface area contributed by atoms with Crippen molar-refractivity contribution in [2.75, 3.05) is 0 Å². The van der Waals surface area contributed by atoms with E-state index in [2.05, 4.69) is 22.6 Å². The first-order valence-corrected chi connectivity index (χ1v) is 4.88. The van der Waals surface area contributed by atoms with Crippen LogP contribution in [0.2, 0.25) is 5.02 Å². The second-order valence-corrected chi connectivity index (χ2v) is 3.78. The Balaban J connectivity index is 2.60. The van der Waals surface area contributed by atoms with Crippen molar-refractivity contribution in [1.82, 2.24) is 4.40 Å². The third kappa shape index (κ3) is 1.03. The summed E-state index contributed by atoms with van der Waals surface area (Å²) in [6.07, 6.45) is 2.05. The molecule has 14 heavy (non-hydrogen) atoms. The molecule has 3 rings (SSSR count). The minimum absolute atomic E-state index is 0.777. The second-order valence-electron chi connectivity index (χ2n) is 3.34. The first-order chi connectivity index (χ1) is 6.84. The molecule has 0 amide bonds. The number of aromatic nitrogens is 1. The highest BCUT2D eigenvalue weighted by atomic mass is 35.5. The third-order valence-corrected chi connectivity index (χ3v) is 2.70. The second kappa shape index (κ2) is 2.76. The van der Waals surface area contributed by atoms with Gasteiger partial charge in [-0.05, 0) is 35.7 Å². The monoisotopic (exact) mass is 201 g/mol. The van der Waals surface area contributed by atoms with Crippen molar-refractivity contribution >= 4 is 28.0 Å². The Hall–Kier alpha value is -1.47. The van der Waals surface area contributed by atoms with Crippen LogP contribution < -0.4 is 0 Å². The molecule has 2 heteroatoms. The highest BCUT2D eigenvalue weighted by molar-refractivity contribution is 6.31. The fourth-order valence-corrected chi connectivity index (χ4v) is 1.96. The highest BCUT2D eigenvalue weighted by Crippen LogP contribution is 2.21. The van der Waals surface area contributed by atoms with E-state index in [0.29, 0.717) is 0 Å². The lowest BCUT2D eigenvalue weighted by atomic mass is 10.2. The van der Waals surface area contributed by atoms with E-state index in [1.165, 1.54) is 10.9 Å². The molecule has 3 aromatic rings. The zero-order valence-electron chi connectivity index (χ0n) is 7.44. The van der Waals surface area contributed by atoms with E-state index in [-0.39, 0.29) is 0 Å². The van der Waals surface area contributed by atoms with Crippen LogP contribution in [0.25, 0.3) is 16.4 Å². The summed E-state index contributed by atoms with van der Waals surface area (Å²) in [6.45, 7) is 0. The van der Waals surface area contributed by atoms with Gasteiger partial charge in [0.25, 0.3) is 0 Å². The van der Waals surface area contributed by atoms with Crippen LogP contribution in [-0.2, 0) is 0 Å². The van der Waals surface area contributed by atoms with E-state index in [9.17, 15) is 0 Å². The van der Waals surface area contributed by atoms with Crippen molar-refractivity contribution in [3.8, 4) is 0 Å². The summed E-state index contributed by atoms with van der Waals surface area (Å²) in [4.78, 5) is 0. The molecule has 0 aliphatic carbocycles. The maximum absolute atomic E-state index is 5.97. The van der Waals surface area contributed by atoms with E-state index >= 15 is 0 Å². The fourth-order valence-electron chi connectivity index (χ4n) is 1.79. The van der Waals surface area contributed by atoms with Crippen LogP contribution in [0.1, 0.15) is 0 Å². The number of hydrogen-bond donors (Lipinski definition) is 0. The normalized spacial score (nSPS) is 11.2. The van der Waals surface area contributed by atoms with Crippen LogP contribution in [0.4, 0.5) is 0 Å². The van der Waals surface area contributed by atoms with Gasteiger partial charge in [0.05, 0.1) is 5.52 Å². The van der Waals surface area contributed by atoms with Gasteiger partial charge in [-0.15, -0.1) is 0 Å². The van der Waals surface area contributed by atoms with Crippen LogP contribution in [0.15, 0.2) is 48.7 Å². The number of pyridine rings is 1. The highest BCUT2D eigenvalue weighted by Gasteiger charge is 1.99. The number of benzene rings is 1. The molecule has 0 aliphatic rings. The Bertz CT molecular complexity index is 610. The average molecular weight is 202 g/mol. The number of nitrogens with zero attached hydrogens (tertiary/aromatic N) is 1. The van der Waals surface area contributed by atoms with Gasteiger partial charge in [-0.2, -0.15) is 0 Å². The Morgan fingerprint density at radius 1 is 1.00 bits per heavy atom. The van der Waals surface area contributed by atoms with Crippen LogP contribution >= 0.6 is 11.6 Å². The Morgan fingerprint density at radius 2 is 1.86 bits per heavy atom. The molecule has 1 nitrogen and oxygen atoms in total. The topological polar surface area (TPSA) is 4.41 Å². The minimum atomic E-state index is 0.777. The van der Waals surface area contributed by atoms with E-state index in [1.807, 2.05) is 30.5 Å². The van der Waals surface area contributed by atoms with Gasteiger partial charge in [0.2, 0.25) is 0 Å². The molecule has 0 saturated carbocycles. The van der Waals surface area contributed by atoms with Crippen molar-refractivity contribution in [1.29, 1.82) is 0 Å². The largest absolute Gasteiger partial charge is 0.317 e. The van der Waals surface area contributed by atoms with Gasteiger partial charge in [-0.3, -0.25) is 0 Å². The van der Waals surface area contributed by atoms with Gasteiger partial charge < -0.3 is 4.40 Å². The summed E-state index contributed by atoms with van der Waals surface area (Å²) in [5.74, 6) is 0. The van der Waals surface area contributed by atoms with Crippen LogP contribution in [0.5, 0.6) is 0 Å². The van der Waals surface area contributed by atoms with Gasteiger partial charge in [0.1, 0.15) is 0 Å². The summed E-state index contributed by atoms with van der Waals surface area (Å²) in [7, 11) is 0. The molecule has 0 atom stereocenters. The summed E-state index contributed by atoms with van der Waals surface area (Å²) >= 11 is 5.97. The first-order valence-electron chi connectivity index (χ1n) is 4.50. The summed E-state index contributed by atoms with van der Waals surface area (Å²) in [5, 5.41) is 1.98. The SMILES string of the molecule is Clc1ccc2ccc3cccn3c2c1. The molecule has 2 aromatic heterocycles. The van der Waals surface area contributed by atoms with Crippen LogP contribution in [0.3, 0.4) is 0 Å². The predicted molar refractivity (Wildman–Crippen MR) is 59.9 cm³/mol. The molecule has 0 bridgehead atoms. The zero-order chi connectivity index (χ0) is 9.54. The molecular weight excluding hydrogens is 194 g/mol. The molecule has 0 saturated heterocycles. The van der Waals surface area contributed by atoms with Crippen molar-refractivity contribution in [3.05, 3.63) is 53.7 Å². The number of halogens is 1. The smallest absolute Gasteiger partial charge is 0.0542 e. The van der Waals surface area contributed by atoms with Gasteiger partial charge in [-0.25, -0.2) is 0 Å². The maximum Gasteiger partial charge on any atom is 0.0542 e. The minimum Gasteiger partial charge on any atom is -0.317 e. The van der Waals surface area contributed by atoms with E-state index < -0.39 is 0 Å². The maximum atomic E-state index is 5.97. The Labute approximate surface area is 86.5 Å². The van der Waals surface area contributed by atoms with E-state index in [4.69, 9.17) is 11.6 Å².